The van der Waals surface area contributed by atoms with E-state index < -0.39 is 10.0 Å². The van der Waals surface area contributed by atoms with Crippen LogP contribution < -0.4 is 16.0 Å². The number of rotatable bonds is 4. The zero-order valence-electron chi connectivity index (χ0n) is 16.3. The average molecular weight is 447 g/mol. The molecule has 1 saturated heterocycles. The minimum atomic E-state index is -3.54. The van der Waals surface area contributed by atoms with Gasteiger partial charge in [0, 0.05) is 42.3 Å². The van der Waals surface area contributed by atoms with Crippen molar-refractivity contribution in [3.05, 3.63) is 48.0 Å². The quantitative estimate of drug-likeness (QED) is 0.663. The Balaban J connectivity index is 1.47. The summed E-state index contributed by atoms with van der Waals surface area (Å²) in [6, 6.07) is 11.3. The molecule has 30 heavy (non-hydrogen) atoms. The molecule has 2 amide bonds. The van der Waals surface area contributed by atoms with Gasteiger partial charge in [0.1, 0.15) is 0 Å². The van der Waals surface area contributed by atoms with Crippen LogP contribution in [0.25, 0.3) is 0 Å². The molecule has 1 fully saturated rings. The fraction of sp³-hybridized carbons (Fsp3) is 0.300. The van der Waals surface area contributed by atoms with E-state index in [1.165, 1.54) is 28.2 Å². The molecule has 2 aliphatic heterocycles. The lowest BCUT2D eigenvalue weighted by Crippen LogP contribution is -2.46. The molecule has 2 aliphatic rings. The van der Waals surface area contributed by atoms with E-state index in [4.69, 9.17) is 0 Å². The monoisotopic (exact) mass is 446 g/mol. The molecule has 8 nitrogen and oxygen atoms in total. The second-order valence-corrected chi connectivity index (χ2v) is 10.4. The number of amides is 2. The van der Waals surface area contributed by atoms with Gasteiger partial charge in [-0.1, -0.05) is 0 Å². The van der Waals surface area contributed by atoms with Crippen LogP contribution in [0, 0.1) is 0 Å². The maximum atomic E-state index is 12.7. The maximum absolute atomic E-state index is 12.7. The Hall–Kier alpha value is -2.40. The van der Waals surface area contributed by atoms with Crippen molar-refractivity contribution < 1.29 is 18.0 Å². The molecule has 2 aromatic rings. The normalized spacial score (nSPS) is 19.6. The van der Waals surface area contributed by atoms with Gasteiger partial charge in [-0.05, 0) is 49.4 Å². The Bertz CT molecular complexity index is 1080. The number of carbonyl (C=O) groups excluding carboxylic acids is 2. The predicted molar refractivity (Wildman–Crippen MR) is 116 cm³/mol. The standard InChI is InChI=1S/C20H22N4O4S2/c1-13-19(25)23-17-12-14(2-7-18(17)29-13)20(26)22-15-3-5-16(6-4-15)30(27,28)24-10-8-21-9-11-24/h2-7,12-13,21H,8-11H2,1H3,(H,22,26)(H,23,25). The summed E-state index contributed by atoms with van der Waals surface area (Å²) < 4.78 is 26.9. The molecule has 158 valence electrons. The highest BCUT2D eigenvalue weighted by Crippen LogP contribution is 2.36. The molecular weight excluding hydrogens is 424 g/mol. The van der Waals surface area contributed by atoms with E-state index in [0.29, 0.717) is 43.1 Å². The van der Waals surface area contributed by atoms with Gasteiger partial charge in [-0.2, -0.15) is 4.31 Å². The van der Waals surface area contributed by atoms with Crippen molar-refractivity contribution in [3.63, 3.8) is 0 Å². The topological polar surface area (TPSA) is 108 Å². The third-order valence-electron chi connectivity index (χ3n) is 5.00. The van der Waals surface area contributed by atoms with Crippen LogP contribution in [0.1, 0.15) is 17.3 Å². The van der Waals surface area contributed by atoms with Crippen molar-refractivity contribution in [2.45, 2.75) is 22.0 Å². The van der Waals surface area contributed by atoms with Crippen LogP contribution in [-0.2, 0) is 14.8 Å². The van der Waals surface area contributed by atoms with Crippen molar-refractivity contribution >= 4 is 45.0 Å². The van der Waals surface area contributed by atoms with E-state index in [1.54, 1.807) is 24.3 Å². The van der Waals surface area contributed by atoms with Crippen molar-refractivity contribution in [2.75, 3.05) is 36.8 Å². The molecule has 2 heterocycles. The largest absolute Gasteiger partial charge is 0.324 e. The van der Waals surface area contributed by atoms with Gasteiger partial charge < -0.3 is 16.0 Å². The van der Waals surface area contributed by atoms with Crippen molar-refractivity contribution in [1.82, 2.24) is 9.62 Å². The second-order valence-electron chi connectivity index (χ2n) is 7.09. The Morgan fingerprint density at radius 1 is 1.13 bits per heavy atom. The third kappa shape index (κ3) is 4.22. The van der Waals surface area contributed by atoms with Gasteiger partial charge in [0.2, 0.25) is 15.9 Å². The third-order valence-corrected chi connectivity index (χ3v) is 8.09. The molecule has 10 heteroatoms. The fourth-order valence-electron chi connectivity index (χ4n) is 3.30. The number of piperazine rings is 1. The molecular formula is C20H22N4O4S2. The number of fused-ring (bicyclic) bond motifs is 1. The van der Waals surface area contributed by atoms with E-state index in [1.807, 2.05) is 13.0 Å². The molecule has 0 saturated carbocycles. The van der Waals surface area contributed by atoms with Gasteiger partial charge in [-0.3, -0.25) is 9.59 Å². The molecule has 0 spiro atoms. The fourth-order valence-corrected chi connectivity index (χ4v) is 5.67. The van der Waals surface area contributed by atoms with Gasteiger partial charge in [0.05, 0.1) is 15.8 Å². The Morgan fingerprint density at radius 3 is 2.53 bits per heavy atom. The van der Waals surface area contributed by atoms with Crippen LogP contribution in [0.4, 0.5) is 11.4 Å². The summed E-state index contributed by atoms with van der Waals surface area (Å²) in [7, 11) is -3.54. The SMILES string of the molecule is CC1Sc2ccc(C(=O)Nc3ccc(S(=O)(=O)N4CCNCC4)cc3)cc2NC1=O. The van der Waals surface area contributed by atoms with Crippen LogP contribution in [-0.4, -0.2) is 56.0 Å². The number of hydrogen-bond donors (Lipinski definition) is 3. The number of sulfonamides is 1. The zero-order valence-corrected chi connectivity index (χ0v) is 18.0. The highest BCUT2D eigenvalue weighted by Gasteiger charge is 2.26. The first-order valence-electron chi connectivity index (χ1n) is 9.58. The summed E-state index contributed by atoms with van der Waals surface area (Å²) >= 11 is 1.45. The summed E-state index contributed by atoms with van der Waals surface area (Å²) in [5, 5.41) is 8.53. The first-order chi connectivity index (χ1) is 14.3. The lowest BCUT2D eigenvalue weighted by molar-refractivity contribution is -0.115. The zero-order chi connectivity index (χ0) is 21.3. The molecule has 4 rings (SSSR count). The summed E-state index contributed by atoms with van der Waals surface area (Å²) in [4.78, 5) is 25.6. The minimum absolute atomic E-state index is 0.0913. The van der Waals surface area contributed by atoms with Crippen LogP contribution in [0.15, 0.2) is 52.3 Å². The number of anilines is 2. The van der Waals surface area contributed by atoms with Gasteiger partial charge in [0.15, 0.2) is 0 Å². The Morgan fingerprint density at radius 2 is 1.83 bits per heavy atom. The van der Waals surface area contributed by atoms with Gasteiger partial charge in [-0.15, -0.1) is 11.8 Å². The Labute approximate surface area is 179 Å². The van der Waals surface area contributed by atoms with E-state index >= 15 is 0 Å². The number of nitrogens with one attached hydrogen (secondary N) is 3. The van der Waals surface area contributed by atoms with Crippen LogP contribution in [0.5, 0.6) is 0 Å². The van der Waals surface area contributed by atoms with Crippen LogP contribution in [0.3, 0.4) is 0 Å². The molecule has 0 radical (unpaired) electrons. The molecule has 3 N–H and O–H groups in total. The lowest BCUT2D eigenvalue weighted by Gasteiger charge is -2.26. The molecule has 2 aromatic carbocycles. The lowest BCUT2D eigenvalue weighted by atomic mass is 10.1. The number of benzene rings is 2. The summed E-state index contributed by atoms with van der Waals surface area (Å²) in [5.74, 6) is -0.431. The number of hydrogen-bond acceptors (Lipinski definition) is 6. The van der Waals surface area contributed by atoms with E-state index in [-0.39, 0.29) is 22.0 Å². The highest BCUT2D eigenvalue weighted by atomic mass is 32.2. The van der Waals surface area contributed by atoms with Gasteiger partial charge >= 0.3 is 0 Å². The predicted octanol–water partition coefficient (Wildman–Crippen LogP) is 1.97. The van der Waals surface area contributed by atoms with Gasteiger partial charge in [-0.25, -0.2) is 8.42 Å². The smallest absolute Gasteiger partial charge is 0.255 e. The molecule has 0 aliphatic carbocycles. The van der Waals surface area contributed by atoms with Crippen LogP contribution in [0.2, 0.25) is 0 Å². The summed E-state index contributed by atoms with van der Waals surface area (Å²) in [6.07, 6.45) is 0. The molecule has 1 unspecified atom stereocenters. The van der Waals surface area contributed by atoms with Crippen molar-refractivity contribution in [2.24, 2.45) is 0 Å². The first-order valence-corrected chi connectivity index (χ1v) is 11.9. The Kier molecular flexibility index (Phi) is 5.83. The second kappa shape index (κ2) is 8.38. The van der Waals surface area contributed by atoms with E-state index in [9.17, 15) is 18.0 Å². The summed E-state index contributed by atoms with van der Waals surface area (Å²) in [6.45, 7) is 3.97. The first kappa shape index (κ1) is 20.9. The number of nitrogens with zero attached hydrogens (tertiary/aromatic N) is 1. The van der Waals surface area contributed by atoms with Crippen LogP contribution >= 0.6 is 11.8 Å². The maximum Gasteiger partial charge on any atom is 0.255 e. The minimum Gasteiger partial charge on any atom is -0.324 e. The van der Waals surface area contributed by atoms with E-state index in [2.05, 4.69) is 16.0 Å². The van der Waals surface area contributed by atoms with E-state index in [0.717, 1.165) is 4.90 Å². The van der Waals surface area contributed by atoms with Crippen molar-refractivity contribution in [3.8, 4) is 0 Å². The summed E-state index contributed by atoms with van der Waals surface area (Å²) in [5.41, 5.74) is 1.51. The number of carbonyl (C=O) groups is 2. The molecule has 0 bridgehead atoms. The molecule has 0 aromatic heterocycles. The van der Waals surface area contributed by atoms with Crippen molar-refractivity contribution in [1.29, 1.82) is 0 Å². The number of thioether (sulfide) groups is 1. The average Bonchev–Trinajstić information content (AvgIpc) is 2.75. The van der Waals surface area contributed by atoms with Gasteiger partial charge in [0.25, 0.3) is 5.91 Å². The highest BCUT2D eigenvalue weighted by molar-refractivity contribution is 8.01. The molecule has 1 atom stereocenters.